The molecule has 4 nitrogen and oxygen atoms in total. The third-order valence-corrected chi connectivity index (χ3v) is 3.35. The molecule has 3 rings (SSSR count). The Hall–Kier alpha value is -1.72. The first kappa shape index (κ1) is 12.3. The SMILES string of the molecule is CNCc1noc(-c2ccc3cc(Br)ccc3c2)n1. The van der Waals surface area contributed by atoms with E-state index in [4.69, 9.17) is 4.52 Å². The van der Waals surface area contributed by atoms with Crippen molar-refractivity contribution in [3.05, 3.63) is 46.7 Å². The van der Waals surface area contributed by atoms with Crippen LogP contribution >= 0.6 is 15.9 Å². The molecule has 3 aromatic rings. The van der Waals surface area contributed by atoms with E-state index in [9.17, 15) is 0 Å². The Bertz CT molecular complexity index is 724. The molecule has 0 atom stereocenters. The molecule has 0 saturated heterocycles. The molecular weight excluding hydrogens is 306 g/mol. The van der Waals surface area contributed by atoms with E-state index in [1.807, 2.05) is 19.2 Å². The van der Waals surface area contributed by atoms with Crippen molar-refractivity contribution in [3.8, 4) is 11.5 Å². The highest BCUT2D eigenvalue weighted by Crippen LogP contribution is 2.25. The van der Waals surface area contributed by atoms with Gasteiger partial charge in [0.25, 0.3) is 5.89 Å². The van der Waals surface area contributed by atoms with Gasteiger partial charge in [0, 0.05) is 10.0 Å². The topological polar surface area (TPSA) is 51.0 Å². The fraction of sp³-hybridized carbons (Fsp3) is 0.143. The molecule has 0 unspecified atom stereocenters. The van der Waals surface area contributed by atoms with Gasteiger partial charge in [-0.15, -0.1) is 0 Å². The van der Waals surface area contributed by atoms with E-state index >= 15 is 0 Å². The number of halogens is 1. The second-order valence-electron chi connectivity index (χ2n) is 4.25. The molecule has 0 radical (unpaired) electrons. The monoisotopic (exact) mass is 317 g/mol. The number of hydrogen-bond acceptors (Lipinski definition) is 4. The van der Waals surface area contributed by atoms with E-state index in [0.29, 0.717) is 18.3 Å². The van der Waals surface area contributed by atoms with Crippen molar-refractivity contribution >= 4 is 26.7 Å². The fourth-order valence-electron chi connectivity index (χ4n) is 1.95. The highest BCUT2D eigenvalue weighted by atomic mass is 79.9. The summed E-state index contributed by atoms with van der Waals surface area (Å²) in [5, 5.41) is 9.24. The van der Waals surface area contributed by atoms with Crippen molar-refractivity contribution in [1.29, 1.82) is 0 Å². The van der Waals surface area contributed by atoms with Crippen LogP contribution in [0.2, 0.25) is 0 Å². The van der Waals surface area contributed by atoms with Gasteiger partial charge in [-0.1, -0.05) is 33.2 Å². The summed E-state index contributed by atoms with van der Waals surface area (Å²) >= 11 is 3.47. The van der Waals surface area contributed by atoms with E-state index in [2.05, 4.69) is 55.7 Å². The molecule has 2 aromatic carbocycles. The van der Waals surface area contributed by atoms with Gasteiger partial charge in [0.1, 0.15) is 0 Å². The Morgan fingerprint density at radius 2 is 1.95 bits per heavy atom. The van der Waals surface area contributed by atoms with Crippen molar-refractivity contribution < 1.29 is 4.52 Å². The number of hydrogen-bond donors (Lipinski definition) is 1. The van der Waals surface area contributed by atoms with E-state index in [0.717, 1.165) is 15.4 Å². The maximum absolute atomic E-state index is 5.27. The zero-order valence-corrected chi connectivity index (χ0v) is 11.9. The molecule has 1 N–H and O–H groups in total. The molecule has 5 heteroatoms. The summed E-state index contributed by atoms with van der Waals surface area (Å²) in [4.78, 5) is 4.35. The average Bonchev–Trinajstić information content (AvgIpc) is 2.87. The van der Waals surface area contributed by atoms with Gasteiger partial charge in [-0.25, -0.2) is 0 Å². The summed E-state index contributed by atoms with van der Waals surface area (Å²) < 4.78 is 6.34. The molecule has 1 aromatic heterocycles. The van der Waals surface area contributed by atoms with Crippen molar-refractivity contribution in [2.24, 2.45) is 0 Å². The van der Waals surface area contributed by atoms with Gasteiger partial charge >= 0.3 is 0 Å². The van der Waals surface area contributed by atoms with Crippen molar-refractivity contribution in [1.82, 2.24) is 15.5 Å². The molecule has 0 aliphatic carbocycles. The number of benzene rings is 2. The number of nitrogens with one attached hydrogen (secondary N) is 1. The zero-order chi connectivity index (χ0) is 13.2. The van der Waals surface area contributed by atoms with E-state index in [1.165, 1.54) is 5.39 Å². The smallest absolute Gasteiger partial charge is 0.257 e. The second kappa shape index (κ2) is 5.11. The van der Waals surface area contributed by atoms with Crippen LogP contribution in [0.1, 0.15) is 5.82 Å². The molecule has 0 saturated carbocycles. The predicted molar refractivity (Wildman–Crippen MR) is 77.7 cm³/mol. The van der Waals surface area contributed by atoms with Crippen LogP contribution in [0.15, 0.2) is 45.4 Å². The zero-order valence-electron chi connectivity index (χ0n) is 10.4. The maximum atomic E-state index is 5.27. The largest absolute Gasteiger partial charge is 0.334 e. The Balaban J connectivity index is 2.02. The lowest BCUT2D eigenvalue weighted by Gasteiger charge is -2.00. The number of nitrogens with zero attached hydrogens (tertiary/aromatic N) is 2. The highest BCUT2D eigenvalue weighted by molar-refractivity contribution is 9.10. The molecular formula is C14H12BrN3O. The Morgan fingerprint density at radius 1 is 1.16 bits per heavy atom. The number of aromatic nitrogens is 2. The summed E-state index contributed by atoms with van der Waals surface area (Å²) in [6.45, 7) is 0.601. The molecule has 1 heterocycles. The lowest BCUT2D eigenvalue weighted by atomic mass is 10.1. The summed E-state index contributed by atoms with van der Waals surface area (Å²) in [5.74, 6) is 1.21. The molecule has 0 fully saturated rings. The minimum atomic E-state index is 0.551. The van der Waals surface area contributed by atoms with Gasteiger partial charge in [-0.3, -0.25) is 0 Å². The van der Waals surface area contributed by atoms with Crippen LogP contribution < -0.4 is 5.32 Å². The van der Waals surface area contributed by atoms with Crippen LogP contribution in [0.5, 0.6) is 0 Å². The van der Waals surface area contributed by atoms with Crippen LogP contribution in [0.25, 0.3) is 22.2 Å². The van der Waals surface area contributed by atoms with Gasteiger partial charge < -0.3 is 9.84 Å². The lowest BCUT2D eigenvalue weighted by molar-refractivity contribution is 0.421. The summed E-state index contributed by atoms with van der Waals surface area (Å²) in [5.41, 5.74) is 0.935. The molecule has 96 valence electrons. The second-order valence-corrected chi connectivity index (χ2v) is 5.17. The summed E-state index contributed by atoms with van der Waals surface area (Å²) in [7, 11) is 1.85. The minimum Gasteiger partial charge on any atom is -0.334 e. The fourth-order valence-corrected chi connectivity index (χ4v) is 2.33. The first-order valence-electron chi connectivity index (χ1n) is 5.93. The Kier molecular flexibility index (Phi) is 3.31. The maximum Gasteiger partial charge on any atom is 0.257 e. The average molecular weight is 318 g/mol. The lowest BCUT2D eigenvalue weighted by Crippen LogP contribution is -2.06. The van der Waals surface area contributed by atoms with E-state index in [1.54, 1.807) is 0 Å². The summed E-state index contributed by atoms with van der Waals surface area (Å²) in [6, 6.07) is 12.3. The number of rotatable bonds is 3. The molecule has 0 aliphatic rings. The minimum absolute atomic E-state index is 0.551. The van der Waals surface area contributed by atoms with E-state index < -0.39 is 0 Å². The van der Waals surface area contributed by atoms with Crippen LogP contribution in [0, 0.1) is 0 Å². The van der Waals surface area contributed by atoms with Crippen molar-refractivity contribution in [2.45, 2.75) is 6.54 Å². The van der Waals surface area contributed by atoms with Gasteiger partial charge in [0.15, 0.2) is 5.82 Å². The summed E-state index contributed by atoms with van der Waals surface area (Å²) in [6.07, 6.45) is 0. The van der Waals surface area contributed by atoms with E-state index in [-0.39, 0.29) is 0 Å². The molecule has 0 spiro atoms. The third-order valence-electron chi connectivity index (χ3n) is 2.85. The van der Waals surface area contributed by atoms with Gasteiger partial charge in [0.05, 0.1) is 6.54 Å². The standard InChI is InChI=1S/C14H12BrN3O/c1-16-8-13-17-14(19-18-13)11-3-2-10-7-12(15)5-4-9(10)6-11/h2-7,16H,8H2,1H3. The van der Waals surface area contributed by atoms with Crippen molar-refractivity contribution in [3.63, 3.8) is 0 Å². The van der Waals surface area contributed by atoms with Crippen LogP contribution in [0.3, 0.4) is 0 Å². The van der Waals surface area contributed by atoms with Gasteiger partial charge in [-0.2, -0.15) is 4.98 Å². The molecule has 19 heavy (non-hydrogen) atoms. The Morgan fingerprint density at radius 3 is 2.79 bits per heavy atom. The quantitative estimate of drug-likeness (QED) is 0.804. The first-order chi connectivity index (χ1) is 9.26. The Labute approximate surface area is 119 Å². The predicted octanol–water partition coefficient (Wildman–Crippen LogP) is 3.37. The van der Waals surface area contributed by atoms with Crippen LogP contribution in [0.4, 0.5) is 0 Å². The normalized spacial score (nSPS) is 11.1. The number of fused-ring (bicyclic) bond motifs is 1. The molecule has 0 amide bonds. The van der Waals surface area contributed by atoms with Gasteiger partial charge in [0.2, 0.25) is 0 Å². The van der Waals surface area contributed by atoms with Gasteiger partial charge in [-0.05, 0) is 42.1 Å². The molecule has 0 aliphatic heterocycles. The first-order valence-corrected chi connectivity index (χ1v) is 6.72. The third kappa shape index (κ3) is 2.52. The van der Waals surface area contributed by atoms with Crippen LogP contribution in [-0.4, -0.2) is 17.2 Å². The van der Waals surface area contributed by atoms with Crippen molar-refractivity contribution in [2.75, 3.05) is 7.05 Å². The van der Waals surface area contributed by atoms with Crippen LogP contribution in [-0.2, 0) is 6.54 Å². The highest BCUT2D eigenvalue weighted by Gasteiger charge is 2.08. The molecule has 0 bridgehead atoms.